The van der Waals surface area contributed by atoms with Crippen LogP contribution >= 0.6 is 0 Å². The topological polar surface area (TPSA) is 41.9 Å². The molecule has 1 aromatic rings. The number of aryl methyl sites for hydroxylation is 2. The van der Waals surface area contributed by atoms with Crippen molar-refractivity contribution in [2.45, 2.75) is 32.9 Å². The van der Waals surface area contributed by atoms with Gasteiger partial charge < -0.3 is 14.6 Å². The van der Waals surface area contributed by atoms with E-state index < -0.39 is 6.10 Å². The number of hydrogen-bond donors (Lipinski definition) is 1. The number of methoxy groups -OCH3 is 1. The minimum Gasteiger partial charge on any atom is -0.389 e. The second-order valence-electron chi connectivity index (χ2n) is 5.99. The Hall–Kier alpha value is -1.20. The average Bonchev–Trinajstić information content (AvgIpc) is 2.51. The van der Waals surface area contributed by atoms with E-state index in [-0.39, 0.29) is 0 Å². The molecule has 0 heterocycles. The van der Waals surface area contributed by atoms with Crippen molar-refractivity contribution in [3.8, 4) is 0 Å². The van der Waals surface area contributed by atoms with Gasteiger partial charge >= 0.3 is 0 Å². The number of ether oxygens (including phenoxy) is 2. The number of benzene rings is 1. The Kier molecular flexibility index (Phi) is 9.80. The Morgan fingerprint density at radius 2 is 2.13 bits per heavy atom. The van der Waals surface area contributed by atoms with Crippen molar-refractivity contribution in [2.24, 2.45) is 0 Å². The van der Waals surface area contributed by atoms with Crippen molar-refractivity contribution in [1.82, 2.24) is 4.90 Å². The molecule has 0 fully saturated rings. The van der Waals surface area contributed by atoms with Crippen molar-refractivity contribution in [3.05, 3.63) is 47.5 Å². The molecule has 0 saturated carbocycles. The lowest BCUT2D eigenvalue weighted by atomic mass is 10.0. The molecule has 0 aliphatic carbocycles. The molecular weight excluding hydrogens is 290 g/mol. The van der Waals surface area contributed by atoms with Gasteiger partial charge in [0.25, 0.3) is 0 Å². The molecule has 23 heavy (non-hydrogen) atoms. The molecule has 130 valence electrons. The molecule has 4 nitrogen and oxygen atoms in total. The highest BCUT2D eigenvalue weighted by atomic mass is 16.5. The van der Waals surface area contributed by atoms with Crippen LogP contribution in [0.15, 0.2) is 30.9 Å². The first-order valence-electron chi connectivity index (χ1n) is 8.21. The van der Waals surface area contributed by atoms with E-state index >= 15 is 0 Å². The largest absolute Gasteiger partial charge is 0.389 e. The molecule has 0 saturated heterocycles. The Balaban J connectivity index is 2.63. The van der Waals surface area contributed by atoms with E-state index in [1.165, 1.54) is 16.7 Å². The highest BCUT2D eigenvalue weighted by Crippen LogP contribution is 2.14. The Labute approximate surface area is 140 Å². The van der Waals surface area contributed by atoms with Crippen LogP contribution in [0.5, 0.6) is 0 Å². The van der Waals surface area contributed by atoms with Gasteiger partial charge in [0.2, 0.25) is 0 Å². The predicted molar refractivity (Wildman–Crippen MR) is 94.7 cm³/mol. The monoisotopic (exact) mass is 321 g/mol. The molecule has 0 aliphatic rings. The van der Waals surface area contributed by atoms with E-state index in [4.69, 9.17) is 9.47 Å². The lowest BCUT2D eigenvalue weighted by Crippen LogP contribution is -2.35. The number of aliphatic hydroxyl groups excluding tert-OH is 1. The first-order valence-corrected chi connectivity index (χ1v) is 8.21. The van der Waals surface area contributed by atoms with Crippen LogP contribution in [0.1, 0.15) is 23.1 Å². The highest BCUT2D eigenvalue weighted by molar-refractivity contribution is 5.30. The van der Waals surface area contributed by atoms with Gasteiger partial charge in [-0.3, -0.25) is 4.90 Å². The molecular formula is C19H31NO3. The van der Waals surface area contributed by atoms with E-state index in [9.17, 15) is 5.11 Å². The maximum atomic E-state index is 10.2. The third-order valence-corrected chi connectivity index (χ3v) is 3.74. The maximum Gasteiger partial charge on any atom is 0.0900 e. The molecule has 1 rings (SSSR count). The van der Waals surface area contributed by atoms with Gasteiger partial charge in [0.15, 0.2) is 0 Å². The Morgan fingerprint density at radius 1 is 1.35 bits per heavy atom. The molecule has 0 bridgehead atoms. The van der Waals surface area contributed by atoms with Gasteiger partial charge in [0.05, 0.1) is 19.3 Å². The molecule has 4 heteroatoms. The zero-order valence-electron chi connectivity index (χ0n) is 14.8. The smallest absolute Gasteiger partial charge is 0.0900 e. The Morgan fingerprint density at radius 3 is 2.83 bits per heavy atom. The molecule has 0 unspecified atom stereocenters. The van der Waals surface area contributed by atoms with Gasteiger partial charge in [-0.15, -0.1) is 6.58 Å². The normalized spacial score (nSPS) is 12.6. The standard InChI is InChI=1S/C19H31NO3/c1-5-10-23-15-19(21)14-20(9-6-11-22-4)13-18-12-16(2)7-8-17(18)3/h5,7-8,12,19,21H,1,6,9-11,13-15H2,2-4H3/t19-/m0/s1. The van der Waals surface area contributed by atoms with Crippen molar-refractivity contribution in [1.29, 1.82) is 0 Å². The number of hydrogen-bond acceptors (Lipinski definition) is 4. The predicted octanol–water partition coefficient (Wildman–Crippen LogP) is 2.71. The van der Waals surface area contributed by atoms with Crippen LogP contribution in [0.4, 0.5) is 0 Å². The quantitative estimate of drug-likeness (QED) is 0.475. The van der Waals surface area contributed by atoms with Gasteiger partial charge in [-0.2, -0.15) is 0 Å². The number of rotatable bonds is 12. The third-order valence-electron chi connectivity index (χ3n) is 3.74. The van der Waals surface area contributed by atoms with Crippen LogP contribution in [0.25, 0.3) is 0 Å². The summed E-state index contributed by atoms with van der Waals surface area (Å²) in [6.45, 7) is 11.7. The van der Waals surface area contributed by atoms with E-state index in [1.54, 1.807) is 13.2 Å². The SMILES string of the molecule is C=CCOC[C@@H](O)CN(CCCOC)Cc1cc(C)ccc1C. The summed E-state index contributed by atoms with van der Waals surface area (Å²) in [5.41, 5.74) is 3.85. The van der Waals surface area contributed by atoms with Crippen LogP contribution in [0.3, 0.4) is 0 Å². The summed E-state index contributed by atoms with van der Waals surface area (Å²) in [6, 6.07) is 6.51. The fourth-order valence-electron chi connectivity index (χ4n) is 2.52. The first kappa shape index (κ1) is 19.8. The zero-order chi connectivity index (χ0) is 17.1. The molecule has 1 N–H and O–H groups in total. The molecule has 0 aliphatic heterocycles. The molecule has 0 aromatic heterocycles. The van der Waals surface area contributed by atoms with E-state index in [0.29, 0.717) is 19.8 Å². The molecule has 1 aromatic carbocycles. The summed E-state index contributed by atoms with van der Waals surface area (Å²) in [7, 11) is 1.72. The van der Waals surface area contributed by atoms with E-state index in [2.05, 4.69) is 43.5 Å². The van der Waals surface area contributed by atoms with Gasteiger partial charge in [0, 0.05) is 33.4 Å². The zero-order valence-corrected chi connectivity index (χ0v) is 14.8. The highest BCUT2D eigenvalue weighted by Gasteiger charge is 2.13. The summed E-state index contributed by atoms with van der Waals surface area (Å²) in [5.74, 6) is 0. The van der Waals surface area contributed by atoms with Gasteiger partial charge in [-0.05, 0) is 31.4 Å². The summed E-state index contributed by atoms with van der Waals surface area (Å²) in [6.07, 6.45) is 2.14. The fraction of sp³-hybridized carbons (Fsp3) is 0.579. The maximum absolute atomic E-state index is 10.2. The van der Waals surface area contributed by atoms with Crippen LogP contribution in [-0.4, -0.2) is 56.1 Å². The van der Waals surface area contributed by atoms with Crippen LogP contribution in [-0.2, 0) is 16.0 Å². The van der Waals surface area contributed by atoms with Crippen molar-refractivity contribution in [2.75, 3.05) is 40.0 Å². The number of aliphatic hydroxyl groups is 1. The summed E-state index contributed by atoms with van der Waals surface area (Å²) >= 11 is 0. The summed E-state index contributed by atoms with van der Waals surface area (Å²) in [4.78, 5) is 2.27. The molecule has 1 atom stereocenters. The average molecular weight is 321 g/mol. The summed E-state index contributed by atoms with van der Waals surface area (Å²) in [5, 5.41) is 10.2. The molecule has 0 radical (unpaired) electrons. The van der Waals surface area contributed by atoms with Gasteiger partial charge in [-0.1, -0.05) is 29.8 Å². The van der Waals surface area contributed by atoms with E-state index in [0.717, 1.165) is 26.1 Å². The van der Waals surface area contributed by atoms with E-state index in [1.807, 2.05) is 0 Å². The van der Waals surface area contributed by atoms with Crippen LogP contribution in [0, 0.1) is 13.8 Å². The second kappa shape index (κ2) is 11.4. The minimum absolute atomic E-state index is 0.333. The van der Waals surface area contributed by atoms with Gasteiger partial charge in [0.1, 0.15) is 0 Å². The van der Waals surface area contributed by atoms with Crippen LogP contribution in [0.2, 0.25) is 0 Å². The summed E-state index contributed by atoms with van der Waals surface area (Å²) < 4.78 is 10.5. The third kappa shape index (κ3) is 8.28. The van der Waals surface area contributed by atoms with Crippen LogP contribution < -0.4 is 0 Å². The Bertz CT molecular complexity index is 462. The first-order chi connectivity index (χ1) is 11.1. The van der Waals surface area contributed by atoms with Crippen molar-refractivity contribution >= 4 is 0 Å². The minimum atomic E-state index is -0.498. The van der Waals surface area contributed by atoms with Crippen molar-refractivity contribution < 1.29 is 14.6 Å². The molecule has 0 amide bonds. The lowest BCUT2D eigenvalue weighted by molar-refractivity contribution is 0.0229. The second-order valence-corrected chi connectivity index (χ2v) is 5.99. The van der Waals surface area contributed by atoms with Gasteiger partial charge in [-0.25, -0.2) is 0 Å². The lowest BCUT2D eigenvalue weighted by Gasteiger charge is -2.26. The molecule has 0 spiro atoms. The van der Waals surface area contributed by atoms with Crippen molar-refractivity contribution in [3.63, 3.8) is 0 Å². The number of nitrogens with zero attached hydrogens (tertiary/aromatic N) is 1. The fourth-order valence-corrected chi connectivity index (χ4v) is 2.52.